The Morgan fingerprint density at radius 2 is 1.08 bits per heavy atom. The number of halogens is 5. The molecule has 324 valence electrons. The summed E-state index contributed by atoms with van der Waals surface area (Å²) < 4.78 is 71.2. The van der Waals surface area contributed by atoms with Crippen molar-refractivity contribution in [2.45, 2.75) is 13.1 Å². The minimum absolute atomic E-state index is 0.0137. The van der Waals surface area contributed by atoms with E-state index in [2.05, 4.69) is 46.1 Å². The Labute approximate surface area is 372 Å². The molecule has 19 heteroatoms. The first kappa shape index (κ1) is 42.4. The number of hydrogen-bond donors (Lipinski definition) is 0. The van der Waals surface area contributed by atoms with Crippen LogP contribution in [0.3, 0.4) is 0 Å². The van der Waals surface area contributed by atoms with Gasteiger partial charge >= 0.3 is 5.97 Å². The van der Waals surface area contributed by atoms with Crippen molar-refractivity contribution in [3.05, 3.63) is 176 Å². The maximum Gasteiger partial charge on any atom is 0.341 e. The van der Waals surface area contributed by atoms with E-state index in [1.54, 1.807) is 53.9 Å². The summed E-state index contributed by atoms with van der Waals surface area (Å²) in [6, 6.07) is 15.8. The third-order valence-corrected chi connectivity index (χ3v) is 11.3. The molecule has 4 aromatic carbocycles. The van der Waals surface area contributed by atoms with Crippen LogP contribution in [0.1, 0.15) is 21.5 Å². The summed E-state index contributed by atoms with van der Waals surface area (Å²) in [7, 11) is 4.74. The van der Waals surface area contributed by atoms with Gasteiger partial charge in [-0.3, -0.25) is 19.0 Å². The molecule has 6 aromatic heterocycles. The quantitative estimate of drug-likeness (QED) is 0.114. The number of benzene rings is 4. The lowest BCUT2D eigenvalue weighted by atomic mass is 9.99. The van der Waals surface area contributed by atoms with Gasteiger partial charge in [0.15, 0.2) is 0 Å². The molecule has 0 radical (unpaired) electrons. The predicted octanol–water partition coefficient (Wildman–Crippen LogP) is 7.89. The Hall–Kier alpha value is -7.93. The lowest BCUT2D eigenvalue weighted by Crippen LogP contribution is -2.24. The zero-order chi connectivity index (χ0) is 45.7. The van der Waals surface area contributed by atoms with Crippen molar-refractivity contribution in [1.29, 1.82) is 0 Å². The second kappa shape index (κ2) is 17.0. The number of carbonyl (C=O) groups excluding carboxylic acids is 1. The van der Waals surface area contributed by atoms with Crippen LogP contribution in [0.5, 0.6) is 0 Å². The number of rotatable bonds is 7. The van der Waals surface area contributed by atoms with Crippen LogP contribution in [0.15, 0.2) is 125 Å². The lowest BCUT2D eigenvalue weighted by molar-refractivity contribution is 0.0601. The van der Waals surface area contributed by atoms with Crippen molar-refractivity contribution in [1.82, 2.24) is 48.6 Å². The van der Waals surface area contributed by atoms with Crippen molar-refractivity contribution in [2.75, 3.05) is 7.11 Å². The van der Waals surface area contributed by atoms with Crippen molar-refractivity contribution < 1.29 is 27.1 Å². The maximum absolute atomic E-state index is 15.2. The highest BCUT2D eigenvalue weighted by atomic mass is 79.9. The van der Waals surface area contributed by atoms with E-state index in [1.807, 2.05) is 18.3 Å². The number of methoxy groups -OCH3 is 1. The topological polar surface area (TPSA) is 158 Å². The van der Waals surface area contributed by atoms with Crippen molar-refractivity contribution in [3.8, 4) is 22.3 Å². The molecule has 6 heterocycles. The first-order chi connectivity index (χ1) is 31.3. The van der Waals surface area contributed by atoms with E-state index in [0.29, 0.717) is 37.8 Å². The summed E-state index contributed by atoms with van der Waals surface area (Å²) >= 11 is 3.35. The second-order valence-corrected chi connectivity index (χ2v) is 15.7. The van der Waals surface area contributed by atoms with Crippen molar-refractivity contribution in [3.63, 3.8) is 0 Å². The molecule has 10 aromatic rings. The monoisotopic (exact) mass is 942 g/mol. The van der Waals surface area contributed by atoms with Crippen LogP contribution in [-0.4, -0.2) is 61.7 Å². The average Bonchev–Trinajstić information content (AvgIpc) is 3.89. The van der Waals surface area contributed by atoms with Gasteiger partial charge in [0.2, 0.25) is 0 Å². The normalized spacial score (nSPS) is 11.4. The number of carbonyl (C=O) groups is 1. The van der Waals surface area contributed by atoms with Crippen LogP contribution in [0, 0.1) is 23.3 Å². The molecule has 0 saturated heterocycles. The molecule has 0 saturated carbocycles. The van der Waals surface area contributed by atoms with Crippen LogP contribution >= 0.6 is 15.9 Å². The summed E-state index contributed by atoms with van der Waals surface area (Å²) in [6.45, 7) is -0.708. The third kappa shape index (κ3) is 7.90. The van der Waals surface area contributed by atoms with Crippen LogP contribution in [0.2, 0.25) is 0 Å². The minimum Gasteiger partial charge on any atom is -0.465 e. The number of nitrogens with zero attached hydrogens (tertiary/aromatic N) is 10. The van der Waals surface area contributed by atoms with Crippen molar-refractivity contribution >= 4 is 65.5 Å². The van der Waals surface area contributed by atoms with Crippen LogP contribution in [0.25, 0.3) is 65.9 Å². The summed E-state index contributed by atoms with van der Waals surface area (Å²) in [6.07, 6.45) is 11.4. The summed E-state index contributed by atoms with van der Waals surface area (Å²) in [5.74, 6) is -3.86. The highest BCUT2D eigenvalue weighted by molar-refractivity contribution is 9.10. The summed E-state index contributed by atoms with van der Waals surface area (Å²) in [4.78, 5) is 53.7. The Kier molecular flexibility index (Phi) is 11.1. The molecule has 0 aliphatic heterocycles. The molecule has 0 aliphatic rings. The molecule has 0 bridgehead atoms. The Balaban J connectivity index is 0.000000165. The van der Waals surface area contributed by atoms with Gasteiger partial charge in [0, 0.05) is 73.2 Å². The number of fused-ring (bicyclic) bond motifs is 4. The fraction of sp³-hybridized carbons (Fsp3) is 0.109. The molecule has 0 unspecified atom stereocenters. The van der Waals surface area contributed by atoms with E-state index in [0.717, 1.165) is 20.9 Å². The molecule has 0 N–H and O–H groups in total. The van der Waals surface area contributed by atoms with E-state index in [1.165, 1.54) is 73.4 Å². The van der Waals surface area contributed by atoms with E-state index in [-0.39, 0.29) is 39.5 Å². The van der Waals surface area contributed by atoms with Gasteiger partial charge in [0.1, 0.15) is 41.5 Å². The Morgan fingerprint density at radius 1 is 0.631 bits per heavy atom. The summed E-state index contributed by atoms with van der Waals surface area (Å²) in [5, 5.41) is 10.5. The molecule has 0 atom stereocenters. The fourth-order valence-corrected chi connectivity index (χ4v) is 8.26. The predicted molar refractivity (Wildman–Crippen MR) is 237 cm³/mol. The highest BCUT2D eigenvalue weighted by Crippen LogP contribution is 2.33. The third-order valence-electron chi connectivity index (χ3n) is 10.7. The number of esters is 1. The van der Waals surface area contributed by atoms with Gasteiger partial charge in [-0.2, -0.15) is 10.2 Å². The number of aromatic nitrogens is 10. The van der Waals surface area contributed by atoms with Gasteiger partial charge in [-0.25, -0.2) is 42.3 Å². The van der Waals surface area contributed by atoms with Gasteiger partial charge in [0.25, 0.3) is 11.1 Å². The van der Waals surface area contributed by atoms with Gasteiger partial charge in [-0.1, -0.05) is 24.3 Å². The molecule has 0 spiro atoms. The lowest BCUT2D eigenvalue weighted by Gasteiger charge is -2.13. The van der Waals surface area contributed by atoms with Crippen molar-refractivity contribution in [2.24, 2.45) is 14.1 Å². The van der Waals surface area contributed by atoms with E-state index >= 15 is 17.6 Å². The smallest absolute Gasteiger partial charge is 0.341 e. The van der Waals surface area contributed by atoms with E-state index < -0.39 is 46.9 Å². The number of aryl methyl sites for hydroxylation is 2. The Morgan fingerprint density at radius 3 is 1.55 bits per heavy atom. The SMILES string of the molecule is COC(=O)c1cn(Cc2c(F)cc(-c3cccc4nn(C)cc34)cc2F)c(=O)c2cncnc12.Cn1cc2c(-c3cc(F)c(Cn4cc(Br)c5ncncc5c4=O)c(F)c3)cccc2n1. The zero-order valence-electron chi connectivity index (χ0n) is 34.3. The molecule has 0 amide bonds. The molecule has 0 aliphatic carbocycles. The standard InChI is InChI=1S/C24H17F2N5O3.C22H14BrF2N5O/c1-30-9-16-14(4-3-5-21(16)29-30)13-6-19(25)17(20(26)7-13)10-31-11-18(24(33)34-2)22-15(23(31)32)8-27-12-28-22;1-29-8-15-13(3-2-4-20(15)28-29)12-5-18(24)16(19(25)6-12)9-30-10-17(23)21-14(22(30)31)7-26-11-27-21/h3-9,11-12H,10H2,1-2H3;2-8,10-11H,9H2,1H3. The number of ether oxygens (including phenoxy) is 1. The van der Waals surface area contributed by atoms with Crippen LogP contribution in [-0.2, 0) is 31.9 Å². The van der Waals surface area contributed by atoms with Gasteiger partial charge < -0.3 is 13.9 Å². The minimum atomic E-state index is -0.827. The van der Waals surface area contributed by atoms with Crippen LogP contribution in [0.4, 0.5) is 17.6 Å². The summed E-state index contributed by atoms with van der Waals surface area (Å²) in [5.41, 5.74) is 2.47. The first-order valence-corrected chi connectivity index (χ1v) is 20.3. The first-order valence-electron chi connectivity index (χ1n) is 19.5. The fourth-order valence-electron chi connectivity index (χ4n) is 7.70. The van der Waals surface area contributed by atoms with Gasteiger partial charge in [-0.15, -0.1) is 0 Å². The molecule has 14 nitrogen and oxygen atoms in total. The van der Waals surface area contributed by atoms with Gasteiger partial charge in [0.05, 0.1) is 57.5 Å². The number of pyridine rings is 2. The molecular weight excluding hydrogens is 912 g/mol. The molecule has 65 heavy (non-hydrogen) atoms. The van der Waals surface area contributed by atoms with E-state index in [9.17, 15) is 14.4 Å². The van der Waals surface area contributed by atoms with Crippen LogP contribution < -0.4 is 11.1 Å². The second-order valence-electron chi connectivity index (χ2n) is 14.9. The molecular formula is C46H31BrF4N10O4. The average molecular weight is 944 g/mol. The number of hydrogen-bond acceptors (Lipinski definition) is 10. The molecule has 0 fully saturated rings. The largest absolute Gasteiger partial charge is 0.465 e. The highest BCUT2D eigenvalue weighted by Gasteiger charge is 2.21. The van der Waals surface area contributed by atoms with E-state index in [4.69, 9.17) is 4.74 Å². The zero-order valence-corrected chi connectivity index (χ0v) is 35.9. The Bertz CT molecular complexity index is 3640. The maximum atomic E-state index is 15.2. The molecule has 10 rings (SSSR count). The van der Waals surface area contributed by atoms with Gasteiger partial charge in [-0.05, 0) is 74.6 Å².